The van der Waals surface area contributed by atoms with Crippen LogP contribution in [0.3, 0.4) is 0 Å². The number of carboxylic acid groups (broad SMARTS) is 1. The maximum absolute atomic E-state index is 11.1. The van der Waals surface area contributed by atoms with Crippen LogP contribution in [0, 0.1) is 0 Å². The minimum absolute atomic E-state index is 0.452. The quantitative estimate of drug-likeness (QED) is 0.463. The Morgan fingerprint density at radius 1 is 0.800 bits per heavy atom. The molecule has 4 aromatic carbocycles. The highest BCUT2D eigenvalue weighted by Crippen LogP contribution is 2.26. The zero-order chi connectivity index (χ0) is 21.5. The number of hydrogen-bond donors (Lipinski definition) is 2. The van der Waals surface area contributed by atoms with Crippen molar-refractivity contribution < 1.29 is 19.4 Å². The first-order valence-corrected chi connectivity index (χ1v) is 9.33. The topological polar surface area (TPSA) is 78.9 Å². The highest BCUT2D eigenvalue weighted by atomic mass is 16.6. The number of anilines is 1. The fraction of sp³-hybridized carbons (Fsp3) is 0.0833. The molecule has 4 aromatic rings. The van der Waals surface area contributed by atoms with Crippen molar-refractivity contribution in [2.75, 3.05) is 19.0 Å². The maximum atomic E-state index is 11.1. The van der Waals surface area contributed by atoms with E-state index < -0.39 is 12.2 Å². The fourth-order valence-corrected chi connectivity index (χ4v) is 3.04. The summed E-state index contributed by atoms with van der Waals surface area (Å²) in [4.78, 5) is 23.2. The van der Waals surface area contributed by atoms with Crippen molar-refractivity contribution in [3.05, 3.63) is 84.9 Å². The van der Waals surface area contributed by atoms with E-state index in [4.69, 9.17) is 9.84 Å². The molecule has 0 saturated carbocycles. The lowest BCUT2D eigenvalue weighted by atomic mass is 10.1. The third kappa shape index (κ3) is 4.67. The number of nitrogens with zero attached hydrogens (tertiary/aromatic N) is 1. The normalized spacial score (nSPS) is 10.1. The second-order valence-corrected chi connectivity index (χ2v) is 6.46. The lowest BCUT2D eigenvalue weighted by molar-refractivity contribution is 0.202. The molecular formula is C24H22N2O4. The summed E-state index contributed by atoms with van der Waals surface area (Å²) in [7, 11) is 3.08. The number of carbonyl (C=O) groups excluding carboxylic acids is 1. The van der Waals surface area contributed by atoms with Crippen LogP contribution in [0.25, 0.3) is 21.5 Å². The number of amides is 2. The van der Waals surface area contributed by atoms with Gasteiger partial charge in [0.1, 0.15) is 5.75 Å². The van der Waals surface area contributed by atoms with E-state index in [0.29, 0.717) is 11.4 Å². The van der Waals surface area contributed by atoms with Crippen molar-refractivity contribution in [1.29, 1.82) is 0 Å². The van der Waals surface area contributed by atoms with E-state index in [9.17, 15) is 9.59 Å². The Labute approximate surface area is 174 Å². The van der Waals surface area contributed by atoms with E-state index in [1.165, 1.54) is 11.9 Å². The first-order valence-electron chi connectivity index (χ1n) is 9.33. The molecule has 0 bridgehead atoms. The second-order valence-electron chi connectivity index (χ2n) is 6.46. The van der Waals surface area contributed by atoms with Gasteiger partial charge < -0.3 is 15.2 Å². The van der Waals surface area contributed by atoms with E-state index >= 15 is 0 Å². The van der Waals surface area contributed by atoms with Crippen LogP contribution in [-0.2, 0) is 0 Å². The van der Waals surface area contributed by atoms with E-state index in [0.717, 1.165) is 21.5 Å². The first kappa shape index (κ1) is 20.7. The molecule has 30 heavy (non-hydrogen) atoms. The van der Waals surface area contributed by atoms with Gasteiger partial charge in [-0.1, -0.05) is 72.8 Å². The molecule has 0 spiro atoms. The third-order valence-corrected chi connectivity index (χ3v) is 4.57. The molecule has 6 heteroatoms. The molecule has 0 aliphatic heterocycles. The average Bonchev–Trinajstić information content (AvgIpc) is 2.78. The van der Waals surface area contributed by atoms with Crippen LogP contribution < -0.4 is 15.0 Å². The summed E-state index contributed by atoms with van der Waals surface area (Å²) in [5.74, 6) is 0.576. The van der Waals surface area contributed by atoms with Crippen LogP contribution in [0.1, 0.15) is 0 Å². The van der Waals surface area contributed by atoms with Crippen LogP contribution in [0.2, 0.25) is 0 Å². The van der Waals surface area contributed by atoms with Gasteiger partial charge in [0.15, 0.2) is 0 Å². The average molecular weight is 402 g/mol. The second kappa shape index (κ2) is 9.43. The first-order chi connectivity index (χ1) is 14.5. The number of rotatable bonds is 2. The number of benzene rings is 4. The minimum atomic E-state index is -0.952. The molecule has 0 saturated heterocycles. The van der Waals surface area contributed by atoms with Crippen molar-refractivity contribution in [3.63, 3.8) is 0 Å². The standard InChI is InChI=1S/2C12H11NO2/c1-13-12(14)15-11-8-4-6-9-5-2-3-7-10(9)11;1-13(12(14)15)11-8-4-6-9-5-2-3-7-10(9)11/h2-8H,1H3,(H,13,14);2-8H,1H3,(H,14,15). The van der Waals surface area contributed by atoms with Gasteiger partial charge in [0.05, 0.1) is 5.69 Å². The van der Waals surface area contributed by atoms with Crippen LogP contribution in [0.15, 0.2) is 84.9 Å². The lowest BCUT2D eigenvalue weighted by Gasteiger charge is -2.15. The Morgan fingerprint density at radius 3 is 1.97 bits per heavy atom. The van der Waals surface area contributed by atoms with Gasteiger partial charge in [-0.25, -0.2) is 9.59 Å². The van der Waals surface area contributed by atoms with Crippen LogP contribution in [0.5, 0.6) is 5.75 Å². The summed E-state index contributed by atoms with van der Waals surface area (Å²) in [6, 6.07) is 26.7. The minimum Gasteiger partial charge on any atom is -0.465 e. The number of hydrogen-bond acceptors (Lipinski definition) is 3. The molecule has 0 unspecified atom stereocenters. The number of ether oxygens (including phenoxy) is 1. The van der Waals surface area contributed by atoms with Crippen LogP contribution in [0.4, 0.5) is 15.3 Å². The Morgan fingerprint density at radius 2 is 1.33 bits per heavy atom. The van der Waals surface area contributed by atoms with Crippen molar-refractivity contribution >= 4 is 39.4 Å². The van der Waals surface area contributed by atoms with E-state index in [1.54, 1.807) is 19.2 Å². The van der Waals surface area contributed by atoms with Gasteiger partial charge in [0.2, 0.25) is 0 Å². The summed E-state index contributed by atoms with van der Waals surface area (Å²) in [6.45, 7) is 0. The third-order valence-electron chi connectivity index (χ3n) is 4.57. The molecule has 0 aliphatic rings. The fourth-order valence-electron chi connectivity index (χ4n) is 3.04. The largest absolute Gasteiger partial charge is 0.465 e. The summed E-state index contributed by atoms with van der Waals surface area (Å²) in [5, 5.41) is 15.3. The highest BCUT2D eigenvalue weighted by Gasteiger charge is 2.10. The summed E-state index contributed by atoms with van der Waals surface area (Å²) in [6.07, 6.45) is -1.40. The Kier molecular flexibility index (Phi) is 6.49. The molecule has 6 nitrogen and oxygen atoms in total. The van der Waals surface area contributed by atoms with Gasteiger partial charge in [-0.05, 0) is 22.9 Å². The molecule has 2 amide bonds. The maximum Gasteiger partial charge on any atom is 0.412 e. The molecule has 0 heterocycles. The van der Waals surface area contributed by atoms with Crippen molar-refractivity contribution in [2.24, 2.45) is 0 Å². The van der Waals surface area contributed by atoms with Gasteiger partial charge in [0, 0.05) is 24.9 Å². The van der Waals surface area contributed by atoms with Gasteiger partial charge in [-0.3, -0.25) is 4.90 Å². The highest BCUT2D eigenvalue weighted by molar-refractivity contribution is 6.00. The SMILES string of the molecule is CN(C(=O)O)c1cccc2ccccc12.CNC(=O)Oc1cccc2ccccc12. The monoisotopic (exact) mass is 402 g/mol. The predicted octanol–water partition coefficient (Wildman–Crippen LogP) is 5.51. The Bertz CT molecular complexity index is 1180. The van der Waals surface area contributed by atoms with Crippen molar-refractivity contribution in [2.45, 2.75) is 0 Å². The number of fused-ring (bicyclic) bond motifs is 2. The predicted molar refractivity (Wildman–Crippen MR) is 119 cm³/mol. The zero-order valence-corrected chi connectivity index (χ0v) is 16.7. The molecule has 0 atom stereocenters. The van der Waals surface area contributed by atoms with Crippen molar-refractivity contribution in [1.82, 2.24) is 5.32 Å². The van der Waals surface area contributed by atoms with Gasteiger partial charge in [-0.2, -0.15) is 0 Å². The van der Waals surface area contributed by atoms with Crippen LogP contribution >= 0.6 is 0 Å². The summed E-state index contributed by atoms with van der Waals surface area (Å²) >= 11 is 0. The molecule has 0 radical (unpaired) electrons. The molecule has 0 aliphatic carbocycles. The smallest absolute Gasteiger partial charge is 0.412 e. The molecule has 152 valence electrons. The van der Waals surface area contributed by atoms with E-state index in [-0.39, 0.29) is 0 Å². The van der Waals surface area contributed by atoms with Gasteiger partial charge in [0.25, 0.3) is 0 Å². The van der Waals surface area contributed by atoms with E-state index in [2.05, 4.69) is 5.32 Å². The lowest BCUT2D eigenvalue weighted by Crippen LogP contribution is -2.23. The number of nitrogens with one attached hydrogen (secondary N) is 1. The zero-order valence-electron chi connectivity index (χ0n) is 16.7. The molecule has 0 fully saturated rings. The molecular weight excluding hydrogens is 380 g/mol. The Hall–Kier alpha value is -4.06. The van der Waals surface area contributed by atoms with Crippen LogP contribution in [-0.4, -0.2) is 31.4 Å². The number of carbonyl (C=O) groups is 2. The Balaban J connectivity index is 0.000000171. The van der Waals surface area contributed by atoms with E-state index in [1.807, 2.05) is 72.8 Å². The van der Waals surface area contributed by atoms with Gasteiger partial charge in [-0.15, -0.1) is 0 Å². The van der Waals surface area contributed by atoms with Crippen molar-refractivity contribution in [3.8, 4) is 5.75 Å². The molecule has 0 aromatic heterocycles. The summed E-state index contributed by atoms with van der Waals surface area (Å²) in [5.41, 5.74) is 0.709. The molecule has 4 rings (SSSR count). The molecule has 2 N–H and O–H groups in total. The summed E-state index contributed by atoms with van der Waals surface area (Å²) < 4.78 is 5.13. The van der Waals surface area contributed by atoms with Gasteiger partial charge >= 0.3 is 12.2 Å².